The van der Waals surface area contributed by atoms with E-state index in [0.29, 0.717) is 12.3 Å². The fraction of sp³-hybridized carbons (Fsp3) is 0.714. The van der Waals surface area contributed by atoms with Gasteiger partial charge in [-0.25, -0.2) is 0 Å². The molecular weight excluding hydrogens is 258 g/mol. The van der Waals surface area contributed by atoms with Crippen LogP contribution in [0.1, 0.15) is 38.3 Å². The van der Waals surface area contributed by atoms with Crippen LogP contribution >= 0.6 is 0 Å². The summed E-state index contributed by atoms with van der Waals surface area (Å²) >= 11 is 0. The third-order valence-corrected chi connectivity index (χ3v) is 3.76. The molecule has 1 aromatic rings. The number of piperidine rings is 1. The van der Waals surface area contributed by atoms with Gasteiger partial charge in [0, 0.05) is 12.1 Å². The number of anilines is 1. The van der Waals surface area contributed by atoms with Gasteiger partial charge in [-0.1, -0.05) is 18.5 Å². The molecule has 2 unspecified atom stereocenters. The van der Waals surface area contributed by atoms with Gasteiger partial charge in [0.25, 0.3) is 0 Å². The summed E-state index contributed by atoms with van der Waals surface area (Å²) in [5, 5.41) is 16.5. The second-order valence-electron chi connectivity index (χ2n) is 5.39. The zero-order valence-corrected chi connectivity index (χ0v) is 12.1. The first-order valence-corrected chi connectivity index (χ1v) is 7.25. The third-order valence-electron chi connectivity index (χ3n) is 3.76. The molecule has 1 fully saturated rings. The summed E-state index contributed by atoms with van der Waals surface area (Å²) in [6, 6.07) is 1.77. The monoisotopic (exact) mass is 281 g/mol. The smallest absolute Gasteiger partial charge is 0.240 e. The molecule has 0 saturated carbocycles. The van der Waals surface area contributed by atoms with E-state index < -0.39 is 0 Å². The highest BCUT2D eigenvalue weighted by molar-refractivity contribution is 5.91. The summed E-state index contributed by atoms with van der Waals surface area (Å²) in [4.78, 5) is 14.1. The first-order valence-electron chi connectivity index (χ1n) is 7.25. The van der Waals surface area contributed by atoms with Gasteiger partial charge >= 0.3 is 0 Å². The van der Waals surface area contributed by atoms with Crippen LogP contribution in [-0.2, 0) is 4.79 Å². The minimum absolute atomic E-state index is 0.0796. The molecule has 1 aliphatic heterocycles. The van der Waals surface area contributed by atoms with Crippen LogP contribution in [0.15, 0.2) is 10.6 Å². The fourth-order valence-corrected chi connectivity index (χ4v) is 2.70. The van der Waals surface area contributed by atoms with Crippen molar-refractivity contribution in [3.63, 3.8) is 0 Å². The second-order valence-corrected chi connectivity index (χ2v) is 5.39. The molecule has 6 nitrogen and oxygen atoms in total. The van der Waals surface area contributed by atoms with Crippen LogP contribution in [0.2, 0.25) is 0 Å². The van der Waals surface area contributed by atoms with Gasteiger partial charge in [0.2, 0.25) is 11.8 Å². The molecule has 2 atom stereocenters. The molecule has 0 spiro atoms. The lowest BCUT2D eigenvalue weighted by molar-refractivity contribution is -0.119. The van der Waals surface area contributed by atoms with Crippen LogP contribution < -0.4 is 5.32 Å². The summed E-state index contributed by atoms with van der Waals surface area (Å²) in [6.07, 6.45) is 3.48. The summed E-state index contributed by atoms with van der Waals surface area (Å²) < 4.78 is 4.97. The number of nitrogens with zero attached hydrogens (tertiary/aromatic N) is 2. The maximum absolute atomic E-state index is 12.0. The van der Waals surface area contributed by atoms with Crippen LogP contribution in [0, 0.1) is 6.92 Å². The number of rotatable bonds is 5. The lowest BCUT2D eigenvalue weighted by atomic mass is 9.96. The molecule has 0 aliphatic carbocycles. The van der Waals surface area contributed by atoms with Crippen LogP contribution in [0.3, 0.4) is 0 Å². The molecule has 20 heavy (non-hydrogen) atoms. The first kappa shape index (κ1) is 15.0. The Morgan fingerprint density at radius 3 is 3.10 bits per heavy atom. The molecule has 2 rings (SSSR count). The van der Waals surface area contributed by atoms with Gasteiger partial charge in [0.05, 0.1) is 18.3 Å². The Kier molecular flexibility index (Phi) is 5.14. The fourth-order valence-electron chi connectivity index (χ4n) is 2.70. The number of carbonyl (C=O) groups excluding carboxylic acids is 1. The van der Waals surface area contributed by atoms with Crippen molar-refractivity contribution >= 4 is 11.8 Å². The number of hydrogen-bond acceptors (Lipinski definition) is 5. The summed E-state index contributed by atoms with van der Waals surface area (Å²) in [7, 11) is 0. The number of aromatic nitrogens is 1. The van der Waals surface area contributed by atoms with Crippen molar-refractivity contribution in [2.45, 2.75) is 51.7 Å². The van der Waals surface area contributed by atoms with Crippen LogP contribution in [0.5, 0.6) is 0 Å². The number of hydrogen-bond donors (Lipinski definition) is 2. The second kappa shape index (κ2) is 6.85. The maximum atomic E-state index is 12.0. The predicted octanol–water partition coefficient (Wildman–Crippen LogP) is 1.55. The van der Waals surface area contributed by atoms with E-state index in [0.717, 1.165) is 31.5 Å². The zero-order valence-electron chi connectivity index (χ0n) is 12.1. The van der Waals surface area contributed by atoms with Crippen molar-refractivity contribution in [1.29, 1.82) is 0 Å². The van der Waals surface area contributed by atoms with Crippen molar-refractivity contribution in [3.05, 3.63) is 11.8 Å². The number of likely N-dealkylation sites (tertiary alicyclic amines) is 1. The van der Waals surface area contributed by atoms with Crippen molar-refractivity contribution in [2.24, 2.45) is 0 Å². The van der Waals surface area contributed by atoms with E-state index in [1.165, 1.54) is 0 Å². The van der Waals surface area contributed by atoms with Gasteiger partial charge in [-0.3, -0.25) is 15.0 Å². The highest BCUT2D eigenvalue weighted by Crippen LogP contribution is 2.21. The summed E-state index contributed by atoms with van der Waals surface area (Å²) in [6.45, 7) is 4.90. The number of nitrogens with one attached hydrogen (secondary N) is 1. The Balaban J connectivity index is 1.91. The van der Waals surface area contributed by atoms with E-state index >= 15 is 0 Å². The van der Waals surface area contributed by atoms with Gasteiger partial charge in [-0.15, -0.1) is 0 Å². The molecule has 1 aromatic heterocycles. The van der Waals surface area contributed by atoms with Gasteiger partial charge in [0.1, 0.15) is 0 Å². The lowest BCUT2D eigenvalue weighted by Crippen LogP contribution is -2.49. The Hall–Kier alpha value is -1.40. The van der Waals surface area contributed by atoms with E-state index in [1.54, 1.807) is 13.0 Å². The molecule has 6 heteroatoms. The lowest BCUT2D eigenvalue weighted by Gasteiger charge is -2.37. The number of amides is 1. The predicted molar refractivity (Wildman–Crippen MR) is 75.4 cm³/mol. The maximum Gasteiger partial charge on any atom is 0.240 e. The molecular formula is C14H23N3O3. The Bertz CT molecular complexity index is 447. The van der Waals surface area contributed by atoms with Crippen molar-refractivity contribution < 1.29 is 14.4 Å². The molecule has 1 amide bonds. The third kappa shape index (κ3) is 3.80. The highest BCUT2D eigenvalue weighted by atomic mass is 16.5. The van der Waals surface area contributed by atoms with Crippen molar-refractivity contribution in [2.75, 3.05) is 18.4 Å². The quantitative estimate of drug-likeness (QED) is 0.856. The number of carbonyl (C=O) groups is 1. The van der Waals surface area contributed by atoms with Gasteiger partial charge in [-0.2, -0.15) is 0 Å². The zero-order chi connectivity index (χ0) is 14.5. The number of aliphatic hydroxyl groups excluding tert-OH is 1. The van der Waals surface area contributed by atoms with Gasteiger partial charge < -0.3 is 9.63 Å². The Morgan fingerprint density at radius 1 is 1.65 bits per heavy atom. The number of aliphatic hydroxyl groups is 1. The molecule has 2 N–H and O–H groups in total. The van der Waals surface area contributed by atoms with Crippen LogP contribution in [0.4, 0.5) is 5.88 Å². The minimum atomic E-state index is -0.365. The molecule has 0 bridgehead atoms. The molecule has 1 aliphatic rings. The molecule has 0 radical (unpaired) electrons. The van der Waals surface area contributed by atoms with E-state index in [1.807, 2.05) is 6.92 Å². The average Bonchev–Trinajstić information content (AvgIpc) is 2.83. The normalized spacial score (nSPS) is 21.6. The van der Waals surface area contributed by atoms with E-state index in [2.05, 4.69) is 15.4 Å². The van der Waals surface area contributed by atoms with E-state index in [4.69, 9.17) is 4.52 Å². The van der Waals surface area contributed by atoms with Gasteiger partial charge in [0.15, 0.2) is 0 Å². The summed E-state index contributed by atoms with van der Waals surface area (Å²) in [5.74, 6) is 0.244. The van der Waals surface area contributed by atoms with Crippen molar-refractivity contribution in [3.8, 4) is 0 Å². The van der Waals surface area contributed by atoms with Gasteiger partial charge in [-0.05, 0) is 32.7 Å². The van der Waals surface area contributed by atoms with Crippen LogP contribution in [-0.4, -0.2) is 46.3 Å². The van der Waals surface area contributed by atoms with E-state index in [9.17, 15) is 9.90 Å². The molecule has 2 heterocycles. The number of aryl methyl sites for hydroxylation is 1. The first-order chi connectivity index (χ1) is 9.60. The minimum Gasteiger partial charge on any atom is -0.392 e. The SMILES string of the molecule is CCC(O)C1CCCCN1CC(=O)Nc1cc(C)no1. The van der Waals surface area contributed by atoms with Crippen LogP contribution in [0.25, 0.3) is 0 Å². The summed E-state index contributed by atoms with van der Waals surface area (Å²) in [5.41, 5.74) is 0.734. The van der Waals surface area contributed by atoms with E-state index in [-0.39, 0.29) is 24.6 Å². The Labute approximate surface area is 119 Å². The molecule has 1 saturated heterocycles. The Morgan fingerprint density at radius 2 is 2.45 bits per heavy atom. The topological polar surface area (TPSA) is 78.6 Å². The van der Waals surface area contributed by atoms with Crippen molar-refractivity contribution in [1.82, 2.24) is 10.1 Å². The molecule has 0 aromatic carbocycles. The largest absolute Gasteiger partial charge is 0.392 e. The standard InChI is InChI=1S/C14H23N3O3/c1-3-12(18)11-6-4-5-7-17(11)9-13(19)15-14-8-10(2)16-20-14/h8,11-12,18H,3-7,9H2,1-2H3,(H,15,19). The molecule has 112 valence electrons. The average molecular weight is 281 g/mol. The highest BCUT2D eigenvalue weighted by Gasteiger charge is 2.29.